The Bertz CT molecular complexity index is 561. The van der Waals surface area contributed by atoms with Gasteiger partial charge in [0.15, 0.2) is 0 Å². The van der Waals surface area contributed by atoms with E-state index in [1.807, 2.05) is 0 Å². The lowest BCUT2D eigenvalue weighted by molar-refractivity contribution is 0.0696. The fourth-order valence-corrected chi connectivity index (χ4v) is 1.22. The van der Waals surface area contributed by atoms with E-state index in [-0.39, 0.29) is 11.3 Å². The maximum Gasteiger partial charge on any atom is 0.335 e. The minimum atomic E-state index is -1.25. The molecule has 3 N–H and O–H groups in total. The van der Waals surface area contributed by atoms with Gasteiger partial charge in [0.05, 0.1) is 16.8 Å². The number of terminal acetylenes is 1. The molecule has 6 heteroatoms. The van der Waals surface area contributed by atoms with Gasteiger partial charge in [-0.2, -0.15) is 0 Å². The molecule has 0 saturated heterocycles. The number of carboxylic acids is 1. The van der Waals surface area contributed by atoms with Gasteiger partial charge in [-0.25, -0.2) is 14.0 Å². The van der Waals surface area contributed by atoms with Gasteiger partial charge < -0.3 is 15.7 Å². The van der Waals surface area contributed by atoms with Gasteiger partial charge in [0, 0.05) is 0 Å². The zero-order valence-electron chi connectivity index (χ0n) is 10.5. The molecule has 0 saturated carbocycles. The summed E-state index contributed by atoms with van der Waals surface area (Å²) in [4.78, 5) is 22.2. The number of anilines is 1. The van der Waals surface area contributed by atoms with E-state index < -0.39 is 23.4 Å². The summed E-state index contributed by atoms with van der Waals surface area (Å²) in [6, 6.07) is 2.50. The molecular formula is C13H13FN2O3. The normalized spacial score (nSPS) is 10.4. The van der Waals surface area contributed by atoms with Crippen LogP contribution in [0.2, 0.25) is 0 Å². The number of nitrogens with one attached hydrogen (secondary N) is 2. The Kier molecular flexibility index (Phi) is 4.12. The van der Waals surface area contributed by atoms with Crippen LogP contribution in [0.1, 0.15) is 24.2 Å². The summed E-state index contributed by atoms with van der Waals surface area (Å²) in [5.41, 5.74) is -1.20. The first-order valence-electron chi connectivity index (χ1n) is 5.35. The number of carbonyl (C=O) groups is 2. The van der Waals surface area contributed by atoms with E-state index in [1.54, 1.807) is 13.8 Å². The summed E-state index contributed by atoms with van der Waals surface area (Å²) in [6.45, 7) is 3.22. The van der Waals surface area contributed by atoms with Crippen molar-refractivity contribution in [2.24, 2.45) is 0 Å². The van der Waals surface area contributed by atoms with E-state index in [0.717, 1.165) is 6.07 Å². The lowest BCUT2D eigenvalue weighted by Crippen LogP contribution is -2.44. The highest BCUT2D eigenvalue weighted by atomic mass is 19.1. The largest absolute Gasteiger partial charge is 0.478 e. The second-order valence-corrected chi connectivity index (χ2v) is 4.35. The quantitative estimate of drug-likeness (QED) is 0.731. The molecule has 0 aromatic heterocycles. The zero-order valence-corrected chi connectivity index (χ0v) is 10.5. The van der Waals surface area contributed by atoms with Crippen LogP contribution in [0, 0.1) is 18.2 Å². The minimum absolute atomic E-state index is 0.129. The molecule has 0 atom stereocenters. The van der Waals surface area contributed by atoms with Crippen molar-refractivity contribution in [2.45, 2.75) is 19.4 Å². The van der Waals surface area contributed by atoms with Crippen LogP contribution < -0.4 is 10.6 Å². The molecule has 1 aromatic carbocycles. The molecule has 0 fully saturated rings. The number of aromatic carboxylic acids is 1. The molecule has 0 aliphatic carbocycles. The standard InChI is InChI=1S/C13H13FN2O3/c1-4-13(2,3)16-12(19)15-10-6-5-8(11(17)18)7-9(10)14/h1,5-7H,2-3H3,(H,17,18)(H2,15,16,19). The Balaban J connectivity index is 2.81. The molecule has 1 rings (SSSR count). The highest BCUT2D eigenvalue weighted by molar-refractivity contribution is 5.92. The predicted octanol–water partition coefficient (Wildman–Crippen LogP) is 2.06. The van der Waals surface area contributed by atoms with Crippen molar-refractivity contribution in [3.63, 3.8) is 0 Å². The average molecular weight is 264 g/mol. The topological polar surface area (TPSA) is 78.4 Å². The van der Waals surface area contributed by atoms with E-state index in [2.05, 4.69) is 16.6 Å². The van der Waals surface area contributed by atoms with Crippen molar-refractivity contribution in [3.8, 4) is 12.3 Å². The Morgan fingerprint density at radius 1 is 1.42 bits per heavy atom. The van der Waals surface area contributed by atoms with Crippen molar-refractivity contribution < 1.29 is 19.1 Å². The number of amides is 2. The molecule has 0 unspecified atom stereocenters. The summed E-state index contributed by atoms with van der Waals surface area (Å²) < 4.78 is 13.5. The van der Waals surface area contributed by atoms with Gasteiger partial charge in [-0.15, -0.1) is 6.42 Å². The summed E-state index contributed by atoms with van der Waals surface area (Å²) >= 11 is 0. The van der Waals surface area contributed by atoms with Gasteiger partial charge in [-0.05, 0) is 32.0 Å². The van der Waals surface area contributed by atoms with E-state index in [4.69, 9.17) is 11.5 Å². The summed E-state index contributed by atoms with van der Waals surface area (Å²) in [7, 11) is 0. The van der Waals surface area contributed by atoms with Crippen molar-refractivity contribution >= 4 is 17.7 Å². The molecule has 0 spiro atoms. The molecule has 19 heavy (non-hydrogen) atoms. The van der Waals surface area contributed by atoms with E-state index in [9.17, 15) is 14.0 Å². The van der Waals surface area contributed by atoms with Gasteiger partial charge in [0.25, 0.3) is 0 Å². The van der Waals surface area contributed by atoms with Crippen molar-refractivity contribution in [1.82, 2.24) is 5.32 Å². The molecular weight excluding hydrogens is 251 g/mol. The maximum absolute atomic E-state index is 13.5. The van der Waals surface area contributed by atoms with Crippen LogP contribution in [0.25, 0.3) is 0 Å². The molecule has 0 radical (unpaired) electrons. The lowest BCUT2D eigenvalue weighted by atomic mass is 10.1. The first-order chi connectivity index (χ1) is 8.75. The maximum atomic E-state index is 13.5. The molecule has 1 aromatic rings. The van der Waals surface area contributed by atoms with Gasteiger partial charge in [0.1, 0.15) is 5.82 Å². The van der Waals surface area contributed by atoms with E-state index in [0.29, 0.717) is 0 Å². The summed E-state index contributed by atoms with van der Waals surface area (Å²) in [5, 5.41) is 13.4. The summed E-state index contributed by atoms with van der Waals surface area (Å²) in [6.07, 6.45) is 5.20. The van der Waals surface area contributed by atoms with Crippen molar-refractivity contribution in [2.75, 3.05) is 5.32 Å². The number of hydrogen-bond donors (Lipinski definition) is 3. The van der Waals surface area contributed by atoms with E-state index in [1.165, 1.54) is 12.1 Å². The van der Waals surface area contributed by atoms with Crippen LogP contribution in [-0.2, 0) is 0 Å². The molecule has 0 aliphatic rings. The van der Waals surface area contributed by atoms with Crippen LogP contribution in [0.4, 0.5) is 14.9 Å². The molecule has 0 bridgehead atoms. The van der Waals surface area contributed by atoms with Crippen molar-refractivity contribution in [3.05, 3.63) is 29.6 Å². The van der Waals surface area contributed by atoms with Gasteiger partial charge in [-0.3, -0.25) is 0 Å². The zero-order chi connectivity index (χ0) is 14.6. The van der Waals surface area contributed by atoms with E-state index >= 15 is 0 Å². The van der Waals surface area contributed by atoms with Crippen LogP contribution in [-0.4, -0.2) is 22.6 Å². The first kappa shape index (κ1) is 14.5. The number of hydrogen-bond acceptors (Lipinski definition) is 2. The lowest BCUT2D eigenvalue weighted by Gasteiger charge is -2.20. The minimum Gasteiger partial charge on any atom is -0.478 e. The van der Waals surface area contributed by atoms with Crippen molar-refractivity contribution in [1.29, 1.82) is 0 Å². The van der Waals surface area contributed by atoms with Gasteiger partial charge in [0.2, 0.25) is 0 Å². The highest BCUT2D eigenvalue weighted by Gasteiger charge is 2.18. The monoisotopic (exact) mass is 264 g/mol. The number of carboxylic acid groups (broad SMARTS) is 1. The Morgan fingerprint density at radius 2 is 2.05 bits per heavy atom. The van der Waals surface area contributed by atoms with Crippen LogP contribution in [0.3, 0.4) is 0 Å². The van der Waals surface area contributed by atoms with Gasteiger partial charge >= 0.3 is 12.0 Å². The average Bonchev–Trinajstić information content (AvgIpc) is 2.30. The third-order valence-electron chi connectivity index (χ3n) is 2.25. The second kappa shape index (κ2) is 5.40. The number of rotatable bonds is 3. The molecule has 0 aliphatic heterocycles. The fourth-order valence-electron chi connectivity index (χ4n) is 1.22. The first-order valence-corrected chi connectivity index (χ1v) is 5.35. The third kappa shape index (κ3) is 4.00. The number of benzene rings is 1. The predicted molar refractivity (Wildman–Crippen MR) is 68.4 cm³/mol. The van der Waals surface area contributed by atoms with Crippen LogP contribution in [0.5, 0.6) is 0 Å². The number of halogens is 1. The molecule has 5 nitrogen and oxygen atoms in total. The van der Waals surface area contributed by atoms with Crippen LogP contribution in [0.15, 0.2) is 18.2 Å². The SMILES string of the molecule is C#CC(C)(C)NC(=O)Nc1ccc(C(=O)O)cc1F. The second-order valence-electron chi connectivity index (χ2n) is 4.35. The Labute approximate surface area is 109 Å². The Hall–Kier alpha value is -2.55. The van der Waals surface area contributed by atoms with Crippen LogP contribution >= 0.6 is 0 Å². The number of carbonyl (C=O) groups excluding carboxylic acids is 1. The van der Waals surface area contributed by atoms with Gasteiger partial charge in [-0.1, -0.05) is 5.92 Å². The third-order valence-corrected chi connectivity index (χ3v) is 2.25. The molecule has 0 heterocycles. The summed E-state index contributed by atoms with van der Waals surface area (Å²) in [5.74, 6) is 0.267. The fraction of sp³-hybridized carbons (Fsp3) is 0.231. The molecule has 100 valence electrons. The Morgan fingerprint density at radius 3 is 2.53 bits per heavy atom. The molecule has 2 amide bonds. The highest BCUT2D eigenvalue weighted by Crippen LogP contribution is 2.16. The number of urea groups is 1. The smallest absolute Gasteiger partial charge is 0.335 e.